The summed E-state index contributed by atoms with van der Waals surface area (Å²) in [5.74, 6) is 5.55. The maximum Gasteiger partial charge on any atom is 0.0594 e. The van der Waals surface area contributed by atoms with Gasteiger partial charge in [-0.15, -0.1) is 11.3 Å². The lowest BCUT2D eigenvalue weighted by Gasteiger charge is -2.13. The SMILES string of the molecule is NNC(Cc1cccnc1)c1cccs1. The first-order chi connectivity index (χ1) is 7.40. The number of aromatic nitrogens is 1. The zero-order valence-electron chi connectivity index (χ0n) is 8.26. The Hall–Kier alpha value is -1.23. The summed E-state index contributed by atoms with van der Waals surface area (Å²) in [7, 11) is 0. The van der Waals surface area contributed by atoms with E-state index in [2.05, 4.69) is 27.9 Å². The smallest absolute Gasteiger partial charge is 0.0594 e. The predicted octanol–water partition coefficient (Wildman–Crippen LogP) is 1.89. The van der Waals surface area contributed by atoms with Crippen molar-refractivity contribution in [3.05, 3.63) is 52.5 Å². The molecule has 0 aromatic carbocycles. The molecule has 1 atom stereocenters. The van der Waals surface area contributed by atoms with Crippen molar-refractivity contribution in [2.45, 2.75) is 12.5 Å². The van der Waals surface area contributed by atoms with Crippen LogP contribution in [0.5, 0.6) is 0 Å². The van der Waals surface area contributed by atoms with Gasteiger partial charge in [0, 0.05) is 17.3 Å². The number of nitrogens with two attached hydrogens (primary N) is 1. The second-order valence-corrected chi connectivity index (χ2v) is 4.28. The molecule has 2 aromatic rings. The van der Waals surface area contributed by atoms with Crippen molar-refractivity contribution in [2.24, 2.45) is 5.84 Å². The zero-order chi connectivity index (χ0) is 10.5. The molecule has 2 heterocycles. The summed E-state index contributed by atoms with van der Waals surface area (Å²) in [5, 5.41) is 2.06. The van der Waals surface area contributed by atoms with Crippen LogP contribution in [0.4, 0.5) is 0 Å². The Morgan fingerprint density at radius 1 is 1.40 bits per heavy atom. The minimum atomic E-state index is 0.175. The third kappa shape index (κ3) is 2.62. The first-order valence-electron chi connectivity index (χ1n) is 4.78. The van der Waals surface area contributed by atoms with Gasteiger partial charge in [0.1, 0.15) is 0 Å². The van der Waals surface area contributed by atoms with Gasteiger partial charge in [-0.05, 0) is 29.5 Å². The lowest BCUT2D eigenvalue weighted by Crippen LogP contribution is -2.28. The molecule has 0 amide bonds. The van der Waals surface area contributed by atoms with E-state index in [9.17, 15) is 0 Å². The Morgan fingerprint density at radius 2 is 2.33 bits per heavy atom. The maximum atomic E-state index is 5.55. The van der Waals surface area contributed by atoms with Crippen molar-refractivity contribution in [3.8, 4) is 0 Å². The summed E-state index contributed by atoms with van der Waals surface area (Å²) in [6.45, 7) is 0. The van der Waals surface area contributed by atoms with Crippen molar-refractivity contribution < 1.29 is 0 Å². The van der Waals surface area contributed by atoms with Crippen molar-refractivity contribution >= 4 is 11.3 Å². The van der Waals surface area contributed by atoms with Crippen LogP contribution in [-0.2, 0) is 6.42 Å². The van der Waals surface area contributed by atoms with Gasteiger partial charge in [0.15, 0.2) is 0 Å². The van der Waals surface area contributed by atoms with Gasteiger partial charge in [-0.25, -0.2) is 0 Å². The molecule has 0 saturated heterocycles. The summed E-state index contributed by atoms with van der Waals surface area (Å²) in [6.07, 6.45) is 4.52. The Morgan fingerprint density at radius 3 is 2.93 bits per heavy atom. The molecule has 0 aliphatic rings. The standard InChI is InChI=1S/C11H13N3S/c12-14-10(11-4-2-6-15-11)7-9-3-1-5-13-8-9/h1-6,8,10,14H,7,12H2. The van der Waals surface area contributed by atoms with E-state index in [4.69, 9.17) is 5.84 Å². The monoisotopic (exact) mass is 219 g/mol. The van der Waals surface area contributed by atoms with Gasteiger partial charge in [0.2, 0.25) is 0 Å². The van der Waals surface area contributed by atoms with Crippen molar-refractivity contribution in [3.63, 3.8) is 0 Å². The Kier molecular flexibility index (Phi) is 3.45. The molecule has 3 nitrogen and oxygen atoms in total. The molecule has 2 rings (SSSR count). The maximum absolute atomic E-state index is 5.55. The van der Waals surface area contributed by atoms with E-state index in [0.29, 0.717) is 0 Å². The minimum absolute atomic E-state index is 0.175. The third-order valence-electron chi connectivity index (χ3n) is 2.25. The highest BCUT2D eigenvalue weighted by molar-refractivity contribution is 7.10. The molecule has 78 valence electrons. The van der Waals surface area contributed by atoms with E-state index in [1.165, 1.54) is 10.4 Å². The number of hydrogen-bond acceptors (Lipinski definition) is 4. The summed E-state index contributed by atoms with van der Waals surface area (Å²) in [5.41, 5.74) is 4.02. The Labute approximate surface area is 92.9 Å². The molecule has 15 heavy (non-hydrogen) atoms. The van der Waals surface area contributed by atoms with E-state index in [1.54, 1.807) is 17.5 Å². The summed E-state index contributed by atoms with van der Waals surface area (Å²) >= 11 is 1.71. The number of pyridine rings is 1. The number of thiophene rings is 1. The molecule has 1 unspecified atom stereocenters. The first kappa shape index (κ1) is 10.3. The quantitative estimate of drug-likeness (QED) is 0.610. The molecule has 0 spiro atoms. The molecule has 0 radical (unpaired) electrons. The van der Waals surface area contributed by atoms with Gasteiger partial charge in [0.25, 0.3) is 0 Å². The van der Waals surface area contributed by atoms with Crippen LogP contribution in [0.25, 0.3) is 0 Å². The fourth-order valence-electron chi connectivity index (χ4n) is 1.49. The molecule has 0 aliphatic carbocycles. The molecule has 0 bridgehead atoms. The first-order valence-corrected chi connectivity index (χ1v) is 5.66. The molecule has 2 aromatic heterocycles. The van der Waals surface area contributed by atoms with Gasteiger partial charge < -0.3 is 0 Å². The van der Waals surface area contributed by atoms with Gasteiger partial charge in [-0.2, -0.15) is 0 Å². The molecule has 0 saturated carbocycles. The number of hydrazine groups is 1. The summed E-state index contributed by atoms with van der Waals surface area (Å²) < 4.78 is 0. The van der Waals surface area contributed by atoms with Crippen LogP contribution < -0.4 is 11.3 Å². The van der Waals surface area contributed by atoms with Gasteiger partial charge in [-0.3, -0.25) is 16.3 Å². The Balaban J connectivity index is 2.10. The molecular formula is C11H13N3S. The molecule has 0 fully saturated rings. The topological polar surface area (TPSA) is 50.9 Å². The van der Waals surface area contributed by atoms with Crippen LogP contribution in [0.15, 0.2) is 42.0 Å². The average molecular weight is 219 g/mol. The van der Waals surface area contributed by atoms with Gasteiger partial charge in [-0.1, -0.05) is 12.1 Å². The van der Waals surface area contributed by atoms with Crippen molar-refractivity contribution in [1.29, 1.82) is 0 Å². The summed E-state index contributed by atoms with van der Waals surface area (Å²) in [6, 6.07) is 8.30. The highest BCUT2D eigenvalue weighted by Gasteiger charge is 2.10. The fourth-order valence-corrected chi connectivity index (χ4v) is 2.27. The second kappa shape index (κ2) is 5.02. The minimum Gasteiger partial charge on any atom is -0.271 e. The third-order valence-corrected chi connectivity index (χ3v) is 3.24. The predicted molar refractivity (Wildman–Crippen MR) is 62.3 cm³/mol. The van der Waals surface area contributed by atoms with Gasteiger partial charge >= 0.3 is 0 Å². The lowest BCUT2D eigenvalue weighted by molar-refractivity contribution is 0.560. The zero-order valence-corrected chi connectivity index (χ0v) is 9.08. The second-order valence-electron chi connectivity index (χ2n) is 3.30. The number of nitrogens with one attached hydrogen (secondary N) is 1. The molecule has 3 N–H and O–H groups in total. The lowest BCUT2D eigenvalue weighted by atomic mass is 10.1. The van der Waals surface area contributed by atoms with Crippen molar-refractivity contribution in [1.82, 2.24) is 10.4 Å². The van der Waals surface area contributed by atoms with Gasteiger partial charge in [0.05, 0.1) is 6.04 Å². The fraction of sp³-hybridized carbons (Fsp3) is 0.182. The molecule has 0 aliphatic heterocycles. The Bertz CT molecular complexity index is 385. The van der Waals surface area contributed by atoms with Crippen LogP contribution >= 0.6 is 11.3 Å². The number of rotatable bonds is 4. The number of hydrogen-bond donors (Lipinski definition) is 2. The van der Waals surface area contributed by atoms with E-state index in [-0.39, 0.29) is 6.04 Å². The van der Waals surface area contributed by atoms with Crippen LogP contribution in [0.1, 0.15) is 16.5 Å². The highest BCUT2D eigenvalue weighted by atomic mass is 32.1. The van der Waals surface area contributed by atoms with E-state index in [1.807, 2.05) is 18.3 Å². The van der Waals surface area contributed by atoms with E-state index in [0.717, 1.165) is 6.42 Å². The van der Waals surface area contributed by atoms with Crippen molar-refractivity contribution in [2.75, 3.05) is 0 Å². The van der Waals surface area contributed by atoms with E-state index >= 15 is 0 Å². The van der Waals surface area contributed by atoms with Crippen LogP contribution in [0.3, 0.4) is 0 Å². The van der Waals surface area contributed by atoms with Crippen LogP contribution in [-0.4, -0.2) is 4.98 Å². The average Bonchev–Trinajstić information content (AvgIpc) is 2.81. The molecule has 4 heteroatoms. The van der Waals surface area contributed by atoms with Crippen LogP contribution in [0, 0.1) is 0 Å². The largest absolute Gasteiger partial charge is 0.271 e. The van der Waals surface area contributed by atoms with E-state index < -0.39 is 0 Å². The van der Waals surface area contributed by atoms with Crippen LogP contribution in [0.2, 0.25) is 0 Å². The highest BCUT2D eigenvalue weighted by Crippen LogP contribution is 2.21. The molecular weight excluding hydrogens is 206 g/mol. The number of nitrogens with zero attached hydrogens (tertiary/aromatic N) is 1. The summed E-state index contributed by atoms with van der Waals surface area (Å²) in [4.78, 5) is 5.34. The normalized spacial score (nSPS) is 12.6.